The van der Waals surface area contributed by atoms with Crippen LogP contribution in [0.25, 0.3) is 0 Å². The first-order chi connectivity index (χ1) is 10.1. The minimum atomic E-state index is -0.334. The summed E-state index contributed by atoms with van der Waals surface area (Å²) in [5, 5.41) is 4.45. The second kappa shape index (κ2) is 6.85. The summed E-state index contributed by atoms with van der Waals surface area (Å²) in [4.78, 5) is 30.0. The number of nitrogens with one attached hydrogen (secondary N) is 1. The van der Waals surface area contributed by atoms with Crippen molar-refractivity contribution < 1.29 is 14.3 Å². The fourth-order valence-electron chi connectivity index (χ4n) is 1.70. The number of rotatable bonds is 5. The van der Waals surface area contributed by atoms with Gasteiger partial charge >= 0.3 is 0 Å². The highest BCUT2D eigenvalue weighted by Gasteiger charge is 2.16. The van der Waals surface area contributed by atoms with Crippen LogP contribution in [0.2, 0.25) is 0 Å². The van der Waals surface area contributed by atoms with Crippen molar-refractivity contribution in [3.8, 4) is 5.75 Å². The lowest BCUT2D eigenvalue weighted by Gasteiger charge is -2.16. The van der Waals surface area contributed by atoms with Crippen LogP contribution in [0.15, 0.2) is 35.8 Å². The smallest absolute Gasteiger partial charge is 0.264 e. The van der Waals surface area contributed by atoms with Gasteiger partial charge < -0.3 is 15.0 Å². The molecule has 2 amide bonds. The van der Waals surface area contributed by atoms with Gasteiger partial charge in [0, 0.05) is 13.2 Å². The Kier molecular flexibility index (Phi) is 4.89. The second-order valence-corrected chi connectivity index (χ2v) is 5.19. The molecule has 0 saturated heterocycles. The topological polar surface area (TPSA) is 71.5 Å². The molecule has 0 aliphatic heterocycles. The summed E-state index contributed by atoms with van der Waals surface area (Å²) in [5.74, 6) is 0.285. The van der Waals surface area contributed by atoms with Crippen molar-refractivity contribution >= 4 is 29.0 Å². The molecule has 0 aliphatic carbocycles. The lowest BCUT2D eigenvalue weighted by atomic mass is 10.4. The van der Waals surface area contributed by atoms with E-state index in [1.165, 1.54) is 23.3 Å². The summed E-state index contributed by atoms with van der Waals surface area (Å²) in [5.41, 5.74) is 0. The Labute approximate surface area is 126 Å². The largest absolute Gasteiger partial charge is 0.493 e. The summed E-state index contributed by atoms with van der Waals surface area (Å²) < 4.78 is 5.10. The number of hydrogen-bond acceptors (Lipinski definition) is 5. The van der Waals surface area contributed by atoms with Crippen LogP contribution < -0.4 is 10.1 Å². The van der Waals surface area contributed by atoms with E-state index < -0.39 is 0 Å². The summed E-state index contributed by atoms with van der Waals surface area (Å²) in [7, 11) is 3.08. The van der Waals surface area contributed by atoms with E-state index in [9.17, 15) is 9.59 Å². The van der Waals surface area contributed by atoms with Crippen LogP contribution in [-0.2, 0) is 4.79 Å². The first-order valence-corrected chi connectivity index (χ1v) is 7.07. The summed E-state index contributed by atoms with van der Waals surface area (Å²) in [6.45, 7) is -0.0591. The Morgan fingerprint density at radius 3 is 2.86 bits per heavy atom. The van der Waals surface area contributed by atoms with Gasteiger partial charge in [-0.2, -0.15) is 0 Å². The number of aromatic nitrogens is 1. The van der Waals surface area contributed by atoms with Gasteiger partial charge in [0.25, 0.3) is 5.91 Å². The molecular formula is C14H15N3O3S. The lowest BCUT2D eigenvalue weighted by molar-refractivity contribution is -0.116. The zero-order valence-corrected chi connectivity index (χ0v) is 12.5. The summed E-state index contributed by atoms with van der Waals surface area (Å²) in [6.07, 6.45) is 1.55. The molecule has 0 aromatic carbocycles. The zero-order valence-electron chi connectivity index (χ0n) is 11.7. The number of amides is 2. The Bertz CT molecular complexity index is 628. The van der Waals surface area contributed by atoms with Crippen LogP contribution in [-0.4, -0.2) is 42.4 Å². The maximum atomic E-state index is 12.0. The van der Waals surface area contributed by atoms with Gasteiger partial charge in [-0.15, -0.1) is 11.3 Å². The number of ether oxygens (including phenoxy) is 1. The molecule has 0 fully saturated rings. The number of thiophene rings is 1. The first kappa shape index (κ1) is 15.0. The molecule has 21 heavy (non-hydrogen) atoms. The highest BCUT2D eigenvalue weighted by atomic mass is 32.1. The predicted molar refractivity (Wildman–Crippen MR) is 80.7 cm³/mol. The Morgan fingerprint density at radius 1 is 1.38 bits per heavy atom. The minimum Gasteiger partial charge on any atom is -0.493 e. The van der Waals surface area contributed by atoms with E-state index in [0.29, 0.717) is 16.4 Å². The number of carbonyl (C=O) groups is 2. The third-order valence-corrected chi connectivity index (χ3v) is 3.57. The molecule has 2 aromatic heterocycles. The van der Waals surface area contributed by atoms with Gasteiger partial charge in [0.2, 0.25) is 5.91 Å². The summed E-state index contributed by atoms with van der Waals surface area (Å²) >= 11 is 1.34. The molecule has 0 aliphatic rings. The van der Waals surface area contributed by atoms with Gasteiger partial charge in [0.1, 0.15) is 0 Å². The normalized spacial score (nSPS) is 10.0. The van der Waals surface area contributed by atoms with Crippen LogP contribution in [0, 0.1) is 0 Å². The Balaban J connectivity index is 1.97. The third-order valence-electron chi connectivity index (χ3n) is 2.71. The minimum absolute atomic E-state index is 0.0591. The average molecular weight is 305 g/mol. The average Bonchev–Trinajstić information content (AvgIpc) is 3.01. The number of likely N-dealkylation sites (N-methyl/N-ethyl adjacent to an activating group) is 1. The highest BCUT2D eigenvalue weighted by Crippen LogP contribution is 2.19. The van der Waals surface area contributed by atoms with E-state index in [4.69, 9.17) is 4.74 Å². The van der Waals surface area contributed by atoms with Crippen LogP contribution in [0.5, 0.6) is 5.75 Å². The van der Waals surface area contributed by atoms with E-state index in [-0.39, 0.29) is 18.4 Å². The van der Waals surface area contributed by atoms with Crippen molar-refractivity contribution in [1.29, 1.82) is 0 Å². The standard InChI is InChI=1S/C14H15N3O3S/c1-17(14(19)11-6-4-8-21-11)9-12(18)16-13-10(20-2)5-3-7-15-13/h3-8H,9H2,1-2H3,(H,15,16,18). The molecule has 110 valence electrons. The molecule has 1 N–H and O–H groups in total. The van der Waals surface area contributed by atoms with E-state index in [0.717, 1.165) is 0 Å². The second-order valence-electron chi connectivity index (χ2n) is 4.24. The van der Waals surface area contributed by atoms with Crippen molar-refractivity contribution in [2.45, 2.75) is 0 Å². The fraction of sp³-hybridized carbons (Fsp3) is 0.214. The maximum absolute atomic E-state index is 12.0. The van der Waals surface area contributed by atoms with Crippen LogP contribution in [0.3, 0.4) is 0 Å². The fourth-order valence-corrected chi connectivity index (χ4v) is 2.41. The predicted octanol–water partition coefficient (Wildman–Crippen LogP) is 1.86. The SMILES string of the molecule is COc1cccnc1NC(=O)CN(C)C(=O)c1cccs1. The molecule has 2 rings (SSSR count). The number of nitrogens with zero attached hydrogens (tertiary/aromatic N) is 2. The van der Waals surface area contributed by atoms with Gasteiger partial charge in [-0.05, 0) is 23.6 Å². The molecular weight excluding hydrogens is 290 g/mol. The molecule has 0 atom stereocenters. The lowest BCUT2D eigenvalue weighted by Crippen LogP contribution is -2.34. The first-order valence-electron chi connectivity index (χ1n) is 6.19. The maximum Gasteiger partial charge on any atom is 0.264 e. The number of hydrogen-bond donors (Lipinski definition) is 1. The van der Waals surface area contributed by atoms with Crippen molar-refractivity contribution in [3.63, 3.8) is 0 Å². The van der Waals surface area contributed by atoms with Crippen molar-refractivity contribution in [2.24, 2.45) is 0 Å². The van der Waals surface area contributed by atoms with Gasteiger partial charge in [0.15, 0.2) is 11.6 Å². The van der Waals surface area contributed by atoms with Gasteiger partial charge in [0.05, 0.1) is 18.5 Å². The van der Waals surface area contributed by atoms with E-state index in [1.54, 1.807) is 37.5 Å². The van der Waals surface area contributed by atoms with Crippen LogP contribution in [0.4, 0.5) is 5.82 Å². The third kappa shape index (κ3) is 3.79. The van der Waals surface area contributed by atoms with Crippen molar-refractivity contribution in [1.82, 2.24) is 9.88 Å². The van der Waals surface area contributed by atoms with E-state index in [2.05, 4.69) is 10.3 Å². The van der Waals surface area contributed by atoms with Gasteiger partial charge in [-0.25, -0.2) is 4.98 Å². The number of carbonyl (C=O) groups excluding carboxylic acids is 2. The number of pyridine rings is 1. The van der Waals surface area contributed by atoms with E-state index >= 15 is 0 Å². The zero-order chi connectivity index (χ0) is 15.2. The molecule has 0 bridgehead atoms. The molecule has 2 aromatic rings. The molecule has 7 heteroatoms. The molecule has 0 saturated carbocycles. The van der Waals surface area contributed by atoms with E-state index in [1.807, 2.05) is 5.38 Å². The molecule has 0 unspecified atom stereocenters. The Hall–Kier alpha value is -2.41. The monoisotopic (exact) mass is 305 g/mol. The quantitative estimate of drug-likeness (QED) is 0.915. The molecule has 2 heterocycles. The van der Waals surface area contributed by atoms with Crippen molar-refractivity contribution in [3.05, 3.63) is 40.7 Å². The van der Waals surface area contributed by atoms with Gasteiger partial charge in [-0.3, -0.25) is 9.59 Å². The molecule has 0 spiro atoms. The highest BCUT2D eigenvalue weighted by molar-refractivity contribution is 7.12. The van der Waals surface area contributed by atoms with Gasteiger partial charge in [-0.1, -0.05) is 6.07 Å². The Morgan fingerprint density at radius 2 is 2.19 bits per heavy atom. The van der Waals surface area contributed by atoms with Crippen LogP contribution >= 0.6 is 11.3 Å². The molecule has 6 nitrogen and oxygen atoms in total. The molecule has 0 radical (unpaired) electrons. The van der Waals surface area contributed by atoms with Crippen LogP contribution in [0.1, 0.15) is 9.67 Å². The number of anilines is 1. The van der Waals surface area contributed by atoms with Crippen molar-refractivity contribution in [2.75, 3.05) is 26.0 Å². The number of methoxy groups -OCH3 is 1. The summed E-state index contributed by atoms with van der Waals surface area (Å²) in [6, 6.07) is 6.93.